The van der Waals surface area contributed by atoms with Gasteiger partial charge in [0.2, 0.25) is 5.91 Å². The number of alkyl halides is 3. The molecule has 6 nitrogen and oxygen atoms in total. The monoisotopic (exact) mass is 374 g/mol. The van der Waals surface area contributed by atoms with Gasteiger partial charge in [0.25, 0.3) is 5.91 Å². The molecule has 0 fully saturated rings. The van der Waals surface area contributed by atoms with Crippen molar-refractivity contribution in [1.82, 2.24) is 5.32 Å². The van der Waals surface area contributed by atoms with Crippen molar-refractivity contribution in [2.45, 2.75) is 45.8 Å². The first-order chi connectivity index (χ1) is 11.9. The Bertz CT molecular complexity index is 687. The lowest BCUT2D eigenvalue weighted by Crippen LogP contribution is -2.43. The highest BCUT2D eigenvalue weighted by Gasteiger charge is 2.36. The summed E-state index contributed by atoms with van der Waals surface area (Å²) in [4.78, 5) is 34.7. The zero-order valence-electron chi connectivity index (χ0n) is 14.6. The number of aliphatic carboxylic acids is 1. The summed E-state index contributed by atoms with van der Waals surface area (Å²) in [7, 11) is 0. The SMILES string of the molecule is Cc1cc(C(=O)NC(CC(F)(F)F)C(=O)O)ccc1NC(=O)CC(C)C. The first-order valence-corrected chi connectivity index (χ1v) is 7.90. The molecule has 0 aliphatic carbocycles. The molecule has 0 bridgehead atoms. The van der Waals surface area contributed by atoms with E-state index in [1.54, 1.807) is 6.92 Å². The summed E-state index contributed by atoms with van der Waals surface area (Å²) in [5.41, 5.74) is 0.993. The summed E-state index contributed by atoms with van der Waals surface area (Å²) in [6, 6.07) is 2.04. The van der Waals surface area contributed by atoms with Gasteiger partial charge in [0.15, 0.2) is 0 Å². The molecule has 0 spiro atoms. The van der Waals surface area contributed by atoms with Crippen LogP contribution < -0.4 is 10.6 Å². The summed E-state index contributed by atoms with van der Waals surface area (Å²) < 4.78 is 37.2. The number of carbonyl (C=O) groups is 3. The number of halogens is 3. The molecule has 0 heterocycles. The second-order valence-electron chi connectivity index (χ2n) is 6.36. The minimum absolute atomic E-state index is 0.00205. The van der Waals surface area contributed by atoms with Gasteiger partial charge in [-0.2, -0.15) is 13.2 Å². The zero-order chi connectivity index (χ0) is 20.1. The van der Waals surface area contributed by atoms with Crippen molar-refractivity contribution < 1.29 is 32.7 Å². The molecule has 0 aliphatic heterocycles. The molecule has 9 heteroatoms. The highest BCUT2D eigenvalue weighted by Crippen LogP contribution is 2.22. The Balaban J connectivity index is 2.85. The van der Waals surface area contributed by atoms with E-state index in [4.69, 9.17) is 5.11 Å². The number of anilines is 1. The Morgan fingerprint density at radius 1 is 1.19 bits per heavy atom. The molecule has 1 aromatic carbocycles. The average molecular weight is 374 g/mol. The van der Waals surface area contributed by atoms with Crippen molar-refractivity contribution in [2.75, 3.05) is 5.32 Å². The average Bonchev–Trinajstić information content (AvgIpc) is 2.46. The van der Waals surface area contributed by atoms with E-state index in [9.17, 15) is 27.6 Å². The summed E-state index contributed by atoms with van der Waals surface area (Å²) in [5, 5.41) is 13.4. The lowest BCUT2D eigenvalue weighted by Gasteiger charge is -2.17. The Morgan fingerprint density at radius 2 is 1.81 bits per heavy atom. The molecule has 0 radical (unpaired) electrons. The smallest absolute Gasteiger partial charge is 0.391 e. The number of hydrogen-bond acceptors (Lipinski definition) is 3. The second-order valence-corrected chi connectivity index (χ2v) is 6.36. The fourth-order valence-electron chi connectivity index (χ4n) is 2.19. The number of carbonyl (C=O) groups excluding carboxylic acids is 2. The lowest BCUT2D eigenvalue weighted by atomic mass is 10.1. The molecule has 0 saturated carbocycles. The summed E-state index contributed by atoms with van der Waals surface area (Å²) in [6.45, 7) is 5.39. The molecule has 144 valence electrons. The van der Waals surface area contributed by atoms with Crippen LogP contribution in [0.5, 0.6) is 0 Å². The van der Waals surface area contributed by atoms with Crippen molar-refractivity contribution in [2.24, 2.45) is 5.92 Å². The van der Waals surface area contributed by atoms with Crippen molar-refractivity contribution in [3.63, 3.8) is 0 Å². The number of carboxylic acid groups (broad SMARTS) is 1. The Hall–Kier alpha value is -2.58. The Morgan fingerprint density at radius 3 is 2.27 bits per heavy atom. The molecule has 26 heavy (non-hydrogen) atoms. The van der Waals surface area contributed by atoms with E-state index in [1.165, 1.54) is 18.2 Å². The molecule has 2 amide bonds. The van der Waals surface area contributed by atoms with Crippen molar-refractivity contribution in [3.05, 3.63) is 29.3 Å². The van der Waals surface area contributed by atoms with E-state index in [0.717, 1.165) is 0 Å². The molecule has 1 unspecified atom stereocenters. The van der Waals surface area contributed by atoms with E-state index in [-0.39, 0.29) is 17.4 Å². The fourth-order valence-corrected chi connectivity index (χ4v) is 2.19. The lowest BCUT2D eigenvalue weighted by molar-refractivity contribution is -0.157. The first-order valence-electron chi connectivity index (χ1n) is 7.90. The van der Waals surface area contributed by atoms with Crippen LogP contribution >= 0.6 is 0 Å². The van der Waals surface area contributed by atoms with E-state index < -0.39 is 30.5 Å². The molecule has 0 aliphatic rings. The maximum Gasteiger partial charge on any atom is 0.391 e. The van der Waals surface area contributed by atoms with Crippen LogP contribution in [0.25, 0.3) is 0 Å². The molecular weight excluding hydrogens is 353 g/mol. The van der Waals surface area contributed by atoms with Crippen LogP contribution in [-0.4, -0.2) is 35.1 Å². The topological polar surface area (TPSA) is 95.5 Å². The van der Waals surface area contributed by atoms with Gasteiger partial charge in [-0.15, -0.1) is 0 Å². The normalized spacial score (nSPS) is 12.6. The van der Waals surface area contributed by atoms with Crippen LogP contribution in [0.4, 0.5) is 18.9 Å². The summed E-state index contributed by atoms with van der Waals surface area (Å²) in [5.74, 6) is -2.74. The third-order valence-electron chi connectivity index (χ3n) is 3.40. The molecule has 1 rings (SSSR count). The van der Waals surface area contributed by atoms with E-state index >= 15 is 0 Å². The molecular formula is C17H21F3N2O4. The fraction of sp³-hybridized carbons (Fsp3) is 0.471. The largest absolute Gasteiger partial charge is 0.480 e. The van der Waals surface area contributed by atoms with Gasteiger partial charge in [0, 0.05) is 17.7 Å². The number of nitrogens with one attached hydrogen (secondary N) is 2. The van der Waals surface area contributed by atoms with Gasteiger partial charge in [-0.3, -0.25) is 9.59 Å². The van der Waals surface area contributed by atoms with Crippen molar-refractivity contribution in [1.29, 1.82) is 0 Å². The van der Waals surface area contributed by atoms with Gasteiger partial charge < -0.3 is 15.7 Å². The van der Waals surface area contributed by atoms with Gasteiger partial charge in [-0.1, -0.05) is 13.8 Å². The van der Waals surface area contributed by atoms with Crippen LogP contribution in [0.3, 0.4) is 0 Å². The predicted molar refractivity (Wildman–Crippen MR) is 88.8 cm³/mol. The highest BCUT2D eigenvalue weighted by molar-refractivity contribution is 5.98. The minimum atomic E-state index is -4.73. The van der Waals surface area contributed by atoms with E-state index in [1.807, 2.05) is 19.2 Å². The van der Waals surface area contributed by atoms with Crippen molar-refractivity contribution in [3.8, 4) is 0 Å². The van der Waals surface area contributed by atoms with Gasteiger partial charge in [0.05, 0.1) is 6.42 Å². The van der Waals surface area contributed by atoms with Crippen LogP contribution in [0, 0.1) is 12.8 Å². The van der Waals surface area contributed by atoms with E-state index in [2.05, 4.69) is 5.32 Å². The zero-order valence-corrected chi connectivity index (χ0v) is 14.6. The quantitative estimate of drug-likeness (QED) is 0.683. The number of amides is 2. The number of hydrogen-bond donors (Lipinski definition) is 3. The first kappa shape index (κ1) is 21.5. The molecule has 3 N–H and O–H groups in total. The molecule has 0 saturated heterocycles. The van der Waals surface area contributed by atoms with Gasteiger partial charge in [-0.05, 0) is 36.6 Å². The standard InChI is InChI=1S/C17H21F3N2O4/c1-9(2)6-14(23)21-12-5-4-11(7-10(12)3)15(24)22-13(16(25)26)8-17(18,19)20/h4-5,7,9,13H,6,8H2,1-3H3,(H,21,23)(H,22,24)(H,25,26). The minimum Gasteiger partial charge on any atom is -0.480 e. The maximum atomic E-state index is 12.4. The number of carboxylic acids is 1. The van der Waals surface area contributed by atoms with Crippen molar-refractivity contribution >= 4 is 23.5 Å². The highest BCUT2D eigenvalue weighted by atomic mass is 19.4. The molecule has 0 aromatic heterocycles. The predicted octanol–water partition coefficient (Wildman–Crippen LogP) is 3.12. The van der Waals surface area contributed by atoms with Crippen LogP contribution in [0.1, 0.15) is 42.6 Å². The van der Waals surface area contributed by atoms with Crippen LogP contribution in [0.15, 0.2) is 18.2 Å². The molecule has 1 atom stereocenters. The Kier molecular flexibility index (Phi) is 7.17. The Labute approximate surface area is 148 Å². The third-order valence-corrected chi connectivity index (χ3v) is 3.40. The maximum absolute atomic E-state index is 12.4. The second kappa shape index (κ2) is 8.68. The van der Waals surface area contributed by atoms with E-state index in [0.29, 0.717) is 17.7 Å². The van der Waals surface area contributed by atoms with Crippen LogP contribution in [-0.2, 0) is 9.59 Å². The van der Waals surface area contributed by atoms with Crippen LogP contribution in [0.2, 0.25) is 0 Å². The number of benzene rings is 1. The van der Waals surface area contributed by atoms with Gasteiger partial charge in [-0.25, -0.2) is 4.79 Å². The summed E-state index contributed by atoms with van der Waals surface area (Å²) in [6.07, 6.45) is -6.08. The third kappa shape index (κ3) is 7.12. The molecule has 1 aromatic rings. The number of aryl methyl sites for hydroxylation is 1. The number of rotatable bonds is 7. The summed E-state index contributed by atoms with van der Waals surface area (Å²) >= 11 is 0. The van der Waals surface area contributed by atoms with Gasteiger partial charge >= 0.3 is 12.1 Å². The van der Waals surface area contributed by atoms with Gasteiger partial charge in [0.1, 0.15) is 6.04 Å².